The van der Waals surface area contributed by atoms with Crippen molar-refractivity contribution in [3.05, 3.63) is 88.2 Å². The van der Waals surface area contributed by atoms with E-state index in [-0.39, 0.29) is 9.92 Å². The van der Waals surface area contributed by atoms with Crippen LogP contribution in [0.15, 0.2) is 65.6 Å². The Balaban J connectivity index is 1.84. The van der Waals surface area contributed by atoms with Gasteiger partial charge in [-0.3, -0.25) is 9.10 Å². The molecule has 0 spiro atoms. The van der Waals surface area contributed by atoms with Crippen LogP contribution in [0, 0.1) is 19.7 Å². The van der Waals surface area contributed by atoms with Crippen molar-refractivity contribution in [2.24, 2.45) is 0 Å². The van der Waals surface area contributed by atoms with Gasteiger partial charge in [0.15, 0.2) is 0 Å². The molecule has 0 bridgehead atoms. The predicted octanol–water partition coefficient (Wildman–Crippen LogP) is 5.17. The Bertz CT molecular complexity index is 1210. The third-order valence-electron chi connectivity index (χ3n) is 4.66. The lowest BCUT2D eigenvalue weighted by Crippen LogP contribution is -2.27. The molecular weight excluding hydrogens is 427 g/mol. The molecule has 3 aromatic carbocycles. The van der Waals surface area contributed by atoms with Crippen LogP contribution in [0.1, 0.15) is 21.5 Å². The Morgan fingerprint density at radius 3 is 2.27 bits per heavy atom. The van der Waals surface area contributed by atoms with Gasteiger partial charge in [0.1, 0.15) is 5.82 Å². The number of hydrogen-bond acceptors (Lipinski definition) is 3. The van der Waals surface area contributed by atoms with Gasteiger partial charge in [0.25, 0.3) is 15.9 Å². The Kier molecular flexibility index (Phi) is 6.14. The van der Waals surface area contributed by atoms with Gasteiger partial charge in [0.05, 0.1) is 15.6 Å². The van der Waals surface area contributed by atoms with Crippen molar-refractivity contribution in [2.45, 2.75) is 18.7 Å². The zero-order valence-corrected chi connectivity index (χ0v) is 18.2. The summed E-state index contributed by atoms with van der Waals surface area (Å²) < 4.78 is 40.3. The first-order chi connectivity index (χ1) is 14.1. The maximum atomic E-state index is 13.3. The number of carbonyl (C=O) groups excluding carboxylic acids is 1. The van der Waals surface area contributed by atoms with E-state index in [1.54, 1.807) is 43.3 Å². The average Bonchev–Trinajstić information content (AvgIpc) is 2.70. The van der Waals surface area contributed by atoms with E-state index in [1.807, 2.05) is 6.92 Å². The van der Waals surface area contributed by atoms with E-state index in [4.69, 9.17) is 11.6 Å². The van der Waals surface area contributed by atoms with Crippen LogP contribution < -0.4 is 9.62 Å². The summed E-state index contributed by atoms with van der Waals surface area (Å²) >= 11 is 5.74. The zero-order valence-electron chi connectivity index (χ0n) is 16.6. The second-order valence-electron chi connectivity index (χ2n) is 6.87. The van der Waals surface area contributed by atoms with Gasteiger partial charge in [0, 0.05) is 18.3 Å². The Hall–Kier alpha value is -2.90. The molecule has 0 heterocycles. The quantitative estimate of drug-likeness (QED) is 0.587. The number of benzene rings is 3. The molecule has 0 aliphatic heterocycles. The number of hydrogen-bond donors (Lipinski definition) is 1. The van der Waals surface area contributed by atoms with E-state index in [9.17, 15) is 17.6 Å². The summed E-state index contributed by atoms with van der Waals surface area (Å²) in [6, 6.07) is 15.2. The lowest BCUT2D eigenvalue weighted by atomic mass is 10.1. The number of sulfonamides is 1. The summed E-state index contributed by atoms with van der Waals surface area (Å²) in [7, 11) is -2.27. The van der Waals surface area contributed by atoms with Crippen LogP contribution in [0.4, 0.5) is 15.8 Å². The van der Waals surface area contributed by atoms with Gasteiger partial charge in [-0.05, 0) is 67.9 Å². The molecule has 1 N–H and O–H groups in total. The highest BCUT2D eigenvalue weighted by Gasteiger charge is 2.23. The van der Waals surface area contributed by atoms with E-state index in [1.165, 1.54) is 29.6 Å². The highest BCUT2D eigenvalue weighted by atomic mass is 35.5. The van der Waals surface area contributed by atoms with Gasteiger partial charge in [-0.25, -0.2) is 12.8 Å². The molecule has 5 nitrogen and oxygen atoms in total. The molecule has 1 amide bonds. The van der Waals surface area contributed by atoms with Crippen LogP contribution >= 0.6 is 11.6 Å². The molecular formula is C22H20ClFN2O3S. The predicted molar refractivity (Wildman–Crippen MR) is 117 cm³/mol. The smallest absolute Gasteiger partial charge is 0.264 e. The molecule has 0 radical (unpaired) electrons. The summed E-state index contributed by atoms with van der Waals surface area (Å²) in [6.45, 7) is 3.61. The number of anilines is 2. The third kappa shape index (κ3) is 4.47. The molecule has 0 atom stereocenters. The van der Waals surface area contributed by atoms with Crippen LogP contribution in [-0.4, -0.2) is 21.4 Å². The average molecular weight is 447 g/mol. The minimum atomic E-state index is -3.74. The van der Waals surface area contributed by atoms with Gasteiger partial charge in [-0.2, -0.15) is 0 Å². The zero-order chi connectivity index (χ0) is 22.1. The topological polar surface area (TPSA) is 66.5 Å². The summed E-state index contributed by atoms with van der Waals surface area (Å²) in [4.78, 5) is 12.7. The number of nitrogens with zero attached hydrogens (tertiary/aromatic N) is 1. The molecule has 0 fully saturated rings. The maximum absolute atomic E-state index is 13.3. The highest BCUT2D eigenvalue weighted by molar-refractivity contribution is 7.92. The number of nitrogens with one attached hydrogen (secondary N) is 1. The van der Waals surface area contributed by atoms with Gasteiger partial charge >= 0.3 is 0 Å². The van der Waals surface area contributed by atoms with Crippen molar-refractivity contribution in [2.75, 3.05) is 16.7 Å². The van der Waals surface area contributed by atoms with Crippen LogP contribution in [-0.2, 0) is 10.0 Å². The Labute approximate surface area is 180 Å². The lowest BCUT2D eigenvalue weighted by molar-refractivity contribution is 0.102. The minimum absolute atomic E-state index is 0.0951. The first-order valence-electron chi connectivity index (χ1n) is 9.02. The molecule has 30 heavy (non-hydrogen) atoms. The molecule has 3 rings (SSSR count). The standard InChI is InChI=1S/C22H20ClFN2O3S/c1-14-4-8-18(9-5-14)30(28,29)26(3)21-11-6-16(12-15(21)2)22(27)25-17-7-10-20(24)19(23)13-17/h4-13H,1-3H3,(H,25,27). The molecule has 0 aromatic heterocycles. The number of halogens is 2. The van der Waals surface area contributed by atoms with E-state index in [2.05, 4.69) is 5.32 Å². The number of aryl methyl sites for hydroxylation is 2. The van der Waals surface area contributed by atoms with E-state index in [0.717, 1.165) is 11.6 Å². The fraction of sp³-hybridized carbons (Fsp3) is 0.136. The Morgan fingerprint density at radius 2 is 1.67 bits per heavy atom. The van der Waals surface area contributed by atoms with Crippen molar-refractivity contribution in [1.29, 1.82) is 0 Å². The normalized spacial score (nSPS) is 11.2. The first kappa shape index (κ1) is 21.8. The van der Waals surface area contributed by atoms with E-state index < -0.39 is 21.7 Å². The van der Waals surface area contributed by atoms with Crippen LogP contribution in [0.2, 0.25) is 5.02 Å². The summed E-state index contributed by atoms with van der Waals surface area (Å²) in [6.07, 6.45) is 0. The Morgan fingerprint density at radius 1 is 1.00 bits per heavy atom. The molecule has 8 heteroatoms. The lowest BCUT2D eigenvalue weighted by Gasteiger charge is -2.22. The van der Waals surface area contributed by atoms with Gasteiger partial charge in [-0.1, -0.05) is 29.3 Å². The van der Waals surface area contributed by atoms with Crippen molar-refractivity contribution in [3.63, 3.8) is 0 Å². The highest BCUT2D eigenvalue weighted by Crippen LogP contribution is 2.27. The van der Waals surface area contributed by atoms with Crippen LogP contribution in [0.3, 0.4) is 0 Å². The summed E-state index contributed by atoms with van der Waals surface area (Å²) in [5.74, 6) is -0.996. The van der Waals surface area contributed by atoms with Crippen molar-refractivity contribution >= 4 is 38.9 Å². The van der Waals surface area contributed by atoms with Crippen molar-refractivity contribution in [1.82, 2.24) is 0 Å². The fourth-order valence-electron chi connectivity index (χ4n) is 2.92. The maximum Gasteiger partial charge on any atom is 0.264 e. The number of amides is 1. The molecule has 3 aromatic rings. The second kappa shape index (κ2) is 8.45. The van der Waals surface area contributed by atoms with E-state index in [0.29, 0.717) is 22.5 Å². The van der Waals surface area contributed by atoms with Crippen molar-refractivity contribution in [3.8, 4) is 0 Å². The monoisotopic (exact) mass is 446 g/mol. The molecule has 0 saturated heterocycles. The molecule has 0 unspecified atom stereocenters. The van der Waals surface area contributed by atoms with Crippen molar-refractivity contribution < 1.29 is 17.6 Å². The third-order valence-corrected chi connectivity index (χ3v) is 6.73. The van der Waals surface area contributed by atoms with Crippen LogP contribution in [0.5, 0.6) is 0 Å². The summed E-state index contributed by atoms with van der Waals surface area (Å²) in [5.41, 5.74) is 2.71. The number of rotatable bonds is 5. The SMILES string of the molecule is Cc1ccc(S(=O)(=O)N(C)c2ccc(C(=O)Nc3ccc(F)c(Cl)c3)cc2C)cc1. The summed E-state index contributed by atoms with van der Waals surface area (Å²) in [5, 5.41) is 2.55. The first-order valence-corrected chi connectivity index (χ1v) is 10.8. The van der Waals surface area contributed by atoms with E-state index >= 15 is 0 Å². The second-order valence-corrected chi connectivity index (χ2v) is 9.25. The van der Waals surface area contributed by atoms with Gasteiger partial charge in [-0.15, -0.1) is 0 Å². The molecule has 0 aliphatic rings. The fourth-order valence-corrected chi connectivity index (χ4v) is 4.37. The van der Waals surface area contributed by atoms with Crippen LogP contribution in [0.25, 0.3) is 0 Å². The molecule has 0 aliphatic carbocycles. The molecule has 0 saturated carbocycles. The number of carbonyl (C=O) groups is 1. The minimum Gasteiger partial charge on any atom is -0.322 e. The largest absolute Gasteiger partial charge is 0.322 e. The van der Waals surface area contributed by atoms with Gasteiger partial charge in [0.2, 0.25) is 0 Å². The van der Waals surface area contributed by atoms with Gasteiger partial charge < -0.3 is 5.32 Å². The molecule has 156 valence electrons.